The summed E-state index contributed by atoms with van der Waals surface area (Å²) >= 11 is 0. The third kappa shape index (κ3) is 4.46. The molecule has 0 spiro atoms. The molecule has 0 bridgehead atoms. The van der Waals surface area contributed by atoms with Crippen molar-refractivity contribution >= 4 is 28.4 Å². The molecule has 38 heavy (non-hydrogen) atoms. The summed E-state index contributed by atoms with van der Waals surface area (Å²) in [5.74, 6) is -1.23. The largest absolute Gasteiger partial charge is 0.479 e. The van der Waals surface area contributed by atoms with Gasteiger partial charge in [0.2, 0.25) is 17.7 Å². The fourth-order valence-corrected chi connectivity index (χ4v) is 4.59. The molecule has 1 aliphatic rings. The van der Waals surface area contributed by atoms with Crippen molar-refractivity contribution in [3.05, 3.63) is 30.2 Å². The Labute approximate surface area is 213 Å². The van der Waals surface area contributed by atoms with E-state index in [9.17, 15) is 18.0 Å². The van der Waals surface area contributed by atoms with E-state index in [1.54, 1.807) is 12.1 Å². The number of piperidine rings is 1. The zero-order chi connectivity index (χ0) is 27.0. The maximum atomic E-state index is 15.3. The number of halogens is 4. The molecule has 2 atom stereocenters. The smallest absolute Gasteiger partial charge is 0.248 e. The van der Waals surface area contributed by atoms with Crippen LogP contribution in [0.25, 0.3) is 27.7 Å². The quantitative estimate of drug-likeness (QED) is 0.329. The molecule has 3 aromatic heterocycles. The van der Waals surface area contributed by atoms with Gasteiger partial charge in [0.05, 0.1) is 37.0 Å². The van der Waals surface area contributed by atoms with Gasteiger partial charge in [0.15, 0.2) is 5.82 Å². The number of aliphatic hydroxyl groups is 1. The van der Waals surface area contributed by atoms with Gasteiger partial charge < -0.3 is 20.1 Å². The molecule has 0 radical (unpaired) electrons. The van der Waals surface area contributed by atoms with Gasteiger partial charge in [-0.2, -0.15) is 4.98 Å². The number of fused-ring (bicyclic) bond motifs is 2. The Kier molecular flexibility index (Phi) is 7.01. The predicted molar refractivity (Wildman–Crippen MR) is 128 cm³/mol. The highest BCUT2D eigenvalue weighted by atomic mass is 19.1. The lowest BCUT2D eigenvalue weighted by Crippen LogP contribution is -2.50. The van der Waals surface area contributed by atoms with Crippen LogP contribution in [-0.2, 0) is 4.79 Å². The SMILES string of the molecule is COc1nc(N[C@H]2CCN(C(=O)CO)C[C@H]2F)nn2cc(F)c(-c3ccc4nnn(C(CF)CF)c4c3)c12. The van der Waals surface area contributed by atoms with Crippen molar-refractivity contribution in [1.82, 2.24) is 34.5 Å². The number of likely N-dealkylation sites (tertiary alicyclic amines) is 1. The second-order valence-corrected chi connectivity index (χ2v) is 8.84. The summed E-state index contributed by atoms with van der Waals surface area (Å²) < 4.78 is 64.4. The van der Waals surface area contributed by atoms with E-state index >= 15 is 4.39 Å². The maximum absolute atomic E-state index is 15.3. The molecule has 1 aliphatic heterocycles. The highest BCUT2D eigenvalue weighted by Gasteiger charge is 2.32. The van der Waals surface area contributed by atoms with Crippen LogP contribution in [0.15, 0.2) is 24.4 Å². The van der Waals surface area contributed by atoms with Crippen molar-refractivity contribution in [2.24, 2.45) is 0 Å². The number of nitrogens with one attached hydrogen (secondary N) is 1. The molecule has 1 amide bonds. The molecule has 5 rings (SSSR count). The third-order valence-electron chi connectivity index (χ3n) is 6.55. The first-order valence-corrected chi connectivity index (χ1v) is 11.8. The van der Waals surface area contributed by atoms with Crippen LogP contribution >= 0.6 is 0 Å². The van der Waals surface area contributed by atoms with Crippen LogP contribution in [0, 0.1) is 5.82 Å². The molecule has 202 valence electrons. The van der Waals surface area contributed by atoms with E-state index in [2.05, 4.69) is 25.7 Å². The van der Waals surface area contributed by atoms with Crippen LogP contribution in [0.4, 0.5) is 23.5 Å². The normalized spacial score (nSPS) is 18.0. The maximum Gasteiger partial charge on any atom is 0.248 e. The number of rotatable bonds is 8. The van der Waals surface area contributed by atoms with Gasteiger partial charge in [-0.15, -0.1) is 10.2 Å². The Morgan fingerprint density at radius 2 is 2.11 bits per heavy atom. The van der Waals surface area contributed by atoms with Gasteiger partial charge in [-0.05, 0) is 24.1 Å². The molecular weight excluding hydrogens is 512 g/mol. The Morgan fingerprint density at radius 3 is 2.79 bits per heavy atom. The Hall–Kier alpha value is -4.01. The number of aliphatic hydroxyl groups excluding tert-OH is 1. The Bertz CT molecular complexity index is 1470. The van der Waals surface area contributed by atoms with Crippen LogP contribution in [0.1, 0.15) is 12.5 Å². The van der Waals surface area contributed by atoms with Gasteiger partial charge in [-0.1, -0.05) is 11.3 Å². The van der Waals surface area contributed by atoms with Crippen LogP contribution in [0.5, 0.6) is 5.88 Å². The standard InChI is InChI=1S/C23H24F4N8O3/c1-38-22-21-20(12-2-3-17-18(6-12)35(32-30-17)13(7-24)8-25)15(27)10-34(21)31-23(29-22)28-16-4-5-33(9-14(16)26)19(37)11-36/h2-3,6,10,13-14,16,36H,4-5,7-9,11H2,1H3,(H,28,31)/t14-,16+/m1/s1. The lowest BCUT2D eigenvalue weighted by atomic mass is 10.0. The van der Waals surface area contributed by atoms with Crippen molar-refractivity contribution in [3.63, 3.8) is 0 Å². The Balaban J connectivity index is 1.50. The van der Waals surface area contributed by atoms with E-state index < -0.39 is 49.9 Å². The molecule has 11 nitrogen and oxygen atoms in total. The number of hydrogen-bond acceptors (Lipinski definition) is 8. The fraction of sp³-hybridized carbons (Fsp3) is 0.435. The van der Waals surface area contributed by atoms with Gasteiger partial charge in [0, 0.05) is 6.54 Å². The van der Waals surface area contributed by atoms with Gasteiger partial charge in [0.1, 0.15) is 43.2 Å². The number of anilines is 1. The molecule has 0 aliphatic carbocycles. The molecule has 2 N–H and O–H groups in total. The molecular formula is C23H24F4N8O3. The summed E-state index contributed by atoms with van der Waals surface area (Å²) in [6.45, 7) is -2.63. The highest BCUT2D eigenvalue weighted by molar-refractivity contribution is 5.90. The van der Waals surface area contributed by atoms with Crippen molar-refractivity contribution in [2.75, 3.05) is 45.5 Å². The van der Waals surface area contributed by atoms with E-state index in [0.717, 1.165) is 10.9 Å². The monoisotopic (exact) mass is 536 g/mol. The van der Waals surface area contributed by atoms with Crippen LogP contribution in [0.2, 0.25) is 0 Å². The Morgan fingerprint density at radius 1 is 1.32 bits per heavy atom. The van der Waals surface area contributed by atoms with Crippen molar-refractivity contribution in [3.8, 4) is 17.0 Å². The summed E-state index contributed by atoms with van der Waals surface area (Å²) in [6, 6.07) is 2.77. The number of methoxy groups -OCH3 is 1. The zero-order valence-corrected chi connectivity index (χ0v) is 20.2. The number of ether oxygens (including phenoxy) is 1. The van der Waals surface area contributed by atoms with Crippen LogP contribution < -0.4 is 10.1 Å². The number of amides is 1. The average molecular weight is 536 g/mol. The molecule has 4 heterocycles. The molecule has 1 saturated heterocycles. The molecule has 0 saturated carbocycles. The summed E-state index contributed by atoms with van der Waals surface area (Å²) in [6.07, 6.45) is -0.104. The number of aromatic nitrogens is 6. The number of alkyl halides is 3. The van der Waals surface area contributed by atoms with E-state index in [0.29, 0.717) is 16.6 Å². The summed E-state index contributed by atoms with van der Waals surface area (Å²) in [4.78, 5) is 17.2. The van der Waals surface area contributed by atoms with Gasteiger partial charge in [-0.25, -0.2) is 26.8 Å². The predicted octanol–water partition coefficient (Wildman–Crippen LogP) is 2.11. The number of carbonyl (C=O) groups is 1. The molecule has 4 aromatic rings. The minimum atomic E-state index is -1.45. The minimum Gasteiger partial charge on any atom is -0.479 e. The first-order valence-electron chi connectivity index (χ1n) is 11.8. The van der Waals surface area contributed by atoms with Gasteiger partial charge in [-0.3, -0.25) is 4.79 Å². The second kappa shape index (κ2) is 10.4. The first-order chi connectivity index (χ1) is 18.4. The van der Waals surface area contributed by atoms with Crippen molar-refractivity contribution < 1.29 is 32.2 Å². The fourth-order valence-electron chi connectivity index (χ4n) is 4.59. The average Bonchev–Trinajstić information content (AvgIpc) is 3.49. The number of nitrogens with zero attached hydrogens (tertiary/aromatic N) is 7. The van der Waals surface area contributed by atoms with E-state index in [1.807, 2.05) is 0 Å². The number of carbonyl (C=O) groups excluding carboxylic acids is 1. The van der Waals surface area contributed by atoms with E-state index in [4.69, 9.17) is 9.84 Å². The molecule has 15 heteroatoms. The third-order valence-corrected chi connectivity index (χ3v) is 6.55. The summed E-state index contributed by atoms with van der Waals surface area (Å²) in [7, 11) is 1.34. The molecule has 0 unspecified atom stereocenters. The lowest BCUT2D eigenvalue weighted by Gasteiger charge is -2.34. The molecule has 1 fully saturated rings. The topological polar surface area (TPSA) is 123 Å². The van der Waals surface area contributed by atoms with Crippen LogP contribution in [0.3, 0.4) is 0 Å². The van der Waals surface area contributed by atoms with E-state index in [-0.39, 0.29) is 42.4 Å². The number of hydrogen-bond donors (Lipinski definition) is 2. The zero-order valence-electron chi connectivity index (χ0n) is 20.2. The van der Waals surface area contributed by atoms with Crippen molar-refractivity contribution in [1.29, 1.82) is 0 Å². The van der Waals surface area contributed by atoms with E-state index in [1.165, 1.54) is 22.6 Å². The summed E-state index contributed by atoms with van der Waals surface area (Å²) in [5.41, 5.74) is 1.32. The minimum absolute atomic E-state index is 0.00169. The highest BCUT2D eigenvalue weighted by Crippen LogP contribution is 2.35. The number of benzene rings is 1. The lowest BCUT2D eigenvalue weighted by molar-refractivity contribution is -0.136. The van der Waals surface area contributed by atoms with Gasteiger partial charge in [0.25, 0.3) is 0 Å². The second-order valence-electron chi connectivity index (χ2n) is 8.84. The summed E-state index contributed by atoms with van der Waals surface area (Å²) in [5, 5.41) is 23.9. The first kappa shape index (κ1) is 25.6. The van der Waals surface area contributed by atoms with Gasteiger partial charge >= 0.3 is 0 Å². The van der Waals surface area contributed by atoms with Crippen LogP contribution in [-0.4, -0.2) is 97.9 Å². The molecule has 1 aromatic carbocycles. The van der Waals surface area contributed by atoms with Crippen molar-refractivity contribution in [2.45, 2.75) is 24.7 Å².